The molecule has 112 valence electrons. The second-order valence-corrected chi connectivity index (χ2v) is 7.37. The van der Waals surface area contributed by atoms with Gasteiger partial charge in [-0.05, 0) is 32.1 Å². The van der Waals surface area contributed by atoms with Crippen LogP contribution in [0.15, 0.2) is 0 Å². The highest BCUT2D eigenvalue weighted by Crippen LogP contribution is 2.38. The minimum atomic E-state index is -4.31. The van der Waals surface area contributed by atoms with Gasteiger partial charge in [0.15, 0.2) is 0 Å². The van der Waals surface area contributed by atoms with E-state index in [1.807, 2.05) is 0 Å². The number of hydrogen-bond acceptors (Lipinski definition) is 3. The van der Waals surface area contributed by atoms with E-state index in [2.05, 4.69) is 0 Å². The van der Waals surface area contributed by atoms with Crippen molar-refractivity contribution in [3.8, 4) is 0 Å². The molecule has 2 fully saturated rings. The number of fused-ring (bicyclic) bond motifs is 2. The molecule has 2 rings (SSSR count). The van der Waals surface area contributed by atoms with Crippen LogP contribution < -0.4 is 0 Å². The molecule has 0 radical (unpaired) electrons. The summed E-state index contributed by atoms with van der Waals surface area (Å²) < 4.78 is 61.7. The van der Waals surface area contributed by atoms with E-state index in [1.54, 1.807) is 0 Å². The van der Waals surface area contributed by atoms with Gasteiger partial charge in [-0.25, -0.2) is 8.42 Å². The number of alkyl halides is 3. The van der Waals surface area contributed by atoms with Crippen molar-refractivity contribution in [3.05, 3.63) is 0 Å². The maximum atomic E-state index is 12.1. The number of piperidine rings is 1. The molecule has 8 heteroatoms. The lowest BCUT2D eigenvalue weighted by Crippen LogP contribution is -2.48. The SMILES string of the molecule is O=S(=O)(CCCC(F)(F)F)N1C2CCC1CC(O)C2. The van der Waals surface area contributed by atoms with Crippen molar-refractivity contribution in [2.24, 2.45) is 0 Å². The van der Waals surface area contributed by atoms with Crippen molar-refractivity contribution >= 4 is 10.0 Å². The van der Waals surface area contributed by atoms with Crippen molar-refractivity contribution in [2.45, 2.75) is 62.9 Å². The topological polar surface area (TPSA) is 57.6 Å². The number of sulfonamides is 1. The molecule has 2 heterocycles. The van der Waals surface area contributed by atoms with E-state index in [4.69, 9.17) is 0 Å². The summed E-state index contributed by atoms with van der Waals surface area (Å²) in [7, 11) is -3.64. The molecule has 2 aliphatic rings. The predicted molar refractivity (Wildman–Crippen MR) is 63.0 cm³/mol. The van der Waals surface area contributed by atoms with Crippen LogP contribution in [0.1, 0.15) is 38.5 Å². The van der Waals surface area contributed by atoms with Crippen molar-refractivity contribution < 1.29 is 26.7 Å². The molecule has 0 aromatic carbocycles. The Hall–Kier alpha value is -0.340. The summed E-state index contributed by atoms with van der Waals surface area (Å²) in [6.45, 7) is 0. The van der Waals surface area contributed by atoms with Crippen molar-refractivity contribution in [1.82, 2.24) is 4.31 Å². The van der Waals surface area contributed by atoms with Gasteiger partial charge in [-0.1, -0.05) is 0 Å². The van der Waals surface area contributed by atoms with Crippen LogP contribution in [-0.2, 0) is 10.0 Å². The third-order valence-electron chi connectivity index (χ3n) is 3.82. The number of hydrogen-bond donors (Lipinski definition) is 1. The second kappa shape index (κ2) is 5.21. The zero-order valence-electron chi connectivity index (χ0n) is 10.4. The van der Waals surface area contributed by atoms with Crippen LogP contribution in [0.2, 0.25) is 0 Å². The molecule has 0 aliphatic carbocycles. The van der Waals surface area contributed by atoms with Gasteiger partial charge in [0.25, 0.3) is 0 Å². The van der Waals surface area contributed by atoms with Crippen LogP contribution in [-0.4, -0.2) is 47.9 Å². The predicted octanol–water partition coefficient (Wildman–Crippen LogP) is 1.65. The standard InChI is InChI=1S/C11H18F3NO3S/c12-11(13,14)4-1-5-19(17,18)15-8-2-3-9(15)7-10(16)6-8/h8-10,16H,1-7H2. The van der Waals surface area contributed by atoms with E-state index in [0.717, 1.165) is 0 Å². The first-order valence-corrected chi connectivity index (χ1v) is 8.06. The largest absolute Gasteiger partial charge is 0.393 e. The van der Waals surface area contributed by atoms with Crippen molar-refractivity contribution in [1.29, 1.82) is 0 Å². The molecule has 1 N–H and O–H groups in total. The third-order valence-corrected chi connectivity index (χ3v) is 5.87. The molecule has 2 saturated heterocycles. The minimum absolute atomic E-state index is 0.232. The monoisotopic (exact) mass is 301 g/mol. The first kappa shape index (κ1) is 15.1. The van der Waals surface area contributed by atoms with Gasteiger partial charge >= 0.3 is 6.18 Å². The molecule has 2 aliphatic heterocycles. The van der Waals surface area contributed by atoms with Crippen molar-refractivity contribution in [2.75, 3.05) is 5.75 Å². The van der Waals surface area contributed by atoms with E-state index in [0.29, 0.717) is 25.7 Å². The molecule has 19 heavy (non-hydrogen) atoms. The number of halogens is 3. The van der Waals surface area contributed by atoms with Gasteiger partial charge in [-0.2, -0.15) is 17.5 Å². The molecule has 0 aromatic heterocycles. The molecular weight excluding hydrogens is 283 g/mol. The van der Waals surface area contributed by atoms with Crippen LogP contribution in [0.3, 0.4) is 0 Å². The Labute approximate surface area is 110 Å². The summed E-state index contributed by atoms with van der Waals surface area (Å²) in [5, 5.41) is 9.59. The summed E-state index contributed by atoms with van der Waals surface area (Å²) in [5.74, 6) is -0.463. The van der Waals surface area contributed by atoms with Gasteiger partial charge in [-0.3, -0.25) is 0 Å². The van der Waals surface area contributed by atoms with E-state index in [9.17, 15) is 26.7 Å². The van der Waals surface area contributed by atoms with E-state index >= 15 is 0 Å². The molecule has 2 bridgehead atoms. The molecule has 2 unspecified atom stereocenters. The second-order valence-electron chi connectivity index (χ2n) is 5.37. The Kier molecular flexibility index (Phi) is 4.13. The Morgan fingerprint density at radius 3 is 2.16 bits per heavy atom. The Morgan fingerprint density at radius 1 is 1.16 bits per heavy atom. The highest BCUT2D eigenvalue weighted by molar-refractivity contribution is 7.89. The number of nitrogens with zero attached hydrogens (tertiary/aromatic N) is 1. The van der Waals surface area contributed by atoms with E-state index < -0.39 is 40.9 Å². The van der Waals surface area contributed by atoms with Crippen LogP contribution in [0.4, 0.5) is 13.2 Å². The summed E-state index contributed by atoms with van der Waals surface area (Å²) in [5.41, 5.74) is 0. The summed E-state index contributed by atoms with van der Waals surface area (Å²) in [6.07, 6.45) is -4.08. The quantitative estimate of drug-likeness (QED) is 0.859. The smallest absolute Gasteiger partial charge is 0.389 e. The normalized spacial score (nSPS) is 32.7. The van der Waals surface area contributed by atoms with E-state index in [-0.39, 0.29) is 12.1 Å². The molecule has 0 amide bonds. The maximum absolute atomic E-state index is 12.1. The zero-order chi connectivity index (χ0) is 14.3. The van der Waals surface area contributed by atoms with Gasteiger partial charge in [0.05, 0.1) is 11.9 Å². The molecule has 2 atom stereocenters. The van der Waals surface area contributed by atoms with Crippen LogP contribution in [0, 0.1) is 0 Å². The third kappa shape index (κ3) is 3.61. The molecule has 0 saturated carbocycles. The highest BCUT2D eigenvalue weighted by Gasteiger charge is 2.46. The average molecular weight is 301 g/mol. The van der Waals surface area contributed by atoms with Crippen molar-refractivity contribution in [3.63, 3.8) is 0 Å². The molecular formula is C11H18F3NO3S. The Bertz CT molecular complexity index is 409. The lowest BCUT2D eigenvalue weighted by Gasteiger charge is -2.36. The number of aliphatic hydroxyl groups excluding tert-OH is 1. The molecule has 4 nitrogen and oxygen atoms in total. The van der Waals surface area contributed by atoms with Gasteiger partial charge in [0, 0.05) is 18.5 Å². The Balaban J connectivity index is 1.97. The van der Waals surface area contributed by atoms with Gasteiger partial charge in [0.1, 0.15) is 0 Å². The fourth-order valence-electron chi connectivity index (χ4n) is 3.12. The summed E-state index contributed by atoms with van der Waals surface area (Å²) >= 11 is 0. The summed E-state index contributed by atoms with van der Waals surface area (Å²) in [6, 6.07) is -0.464. The zero-order valence-corrected chi connectivity index (χ0v) is 11.3. The van der Waals surface area contributed by atoms with Crippen LogP contribution in [0.25, 0.3) is 0 Å². The number of rotatable bonds is 4. The number of aliphatic hydroxyl groups is 1. The average Bonchev–Trinajstić information content (AvgIpc) is 2.50. The first-order chi connectivity index (χ1) is 8.69. The fraction of sp³-hybridized carbons (Fsp3) is 1.00. The van der Waals surface area contributed by atoms with Crippen LogP contribution in [0.5, 0.6) is 0 Å². The molecule has 0 spiro atoms. The van der Waals surface area contributed by atoms with Gasteiger partial charge in [-0.15, -0.1) is 0 Å². The Morgan fingerprint density at radius 2 is 1.68 bits per heavy atom. The first-order valence-electron chi connectivity index (χ1n) is 6.45. The van der Waals surface area contributed by atoms with Gasteiger partial charge in [0.2, 0.25) is 10.0 Å². The lowest BCUT2D eigenvalue weighted by molar-refractivity contribution is -0.134. The van der Waals surface area contributed by atoms with Gasteiger partial charge < -0.3 is 5.11 Å². The minimum Gasteiger partial charge on any atom is -0.393 e. The van der Waals surface area contributed by atoms with Crippen LogP contribution >= 0.6 is 0 Å². The highest BCUT2D eigenvalue weighted by atomic mass is 32.2. The van der Waals surface area contributed by atoms with E-state index in [1.165, 1.54) is 4.31 Å². The fourth-order valence-corrected chi connectivity index (χ4v) is 5.13. The maximum Gasteiger partial charge on any atom is 0.389 e. The molecule has 0 aromatic rings. The lowest BCUT2D eigenvalue weighted by atomic mass is 10.0. The summed E-state index contributed by atoms with van der Waals surface area (Å²) in [4.78, 5) is 0.